The fourth-order valence-corrected chi connectivity index (χ4v) is 5.43. The van der Waals surface area contributed by atoms with E-state index in [1.54, 1.807) is 30.3 Å². The summed E-state index contributed by atoms with van der Waals surface area (Å²) in [5.41, 5.74) is 4.60. The van der Waals surface area contributed by atoms with Gasteiger partial charge in [0.15, 0.2) is 6.61 Å². The van der Waals surface area contributed by atoms with E-state index in [-0.39, 0.29) is 4.90 Å². The molecule has 1 unspecified atom stereocenters. The highest BCUT2D eigenvalue weighted by Gasteiger charge is 2.27. The highest BCUT2D eigenvalue weighted by Crippen LogP contribution is 2.36. The Morgan fingerprint density at radius 3 is 2.53 bits per heavy atom. The smallest absolute Gasteiger partial charge is 0.341 e. The van der Waals surface area contributed by atoms with Gasteiger partial charge in [0, 0.05) is 6.04 Å². The number of carboxylic acids is 1. The Morgan fingerprint density at radius 2 is 1.78 bits per heavy atom. The SMILES string of the molecule is Cc1cccc(-c2cccc(S(=O)(=O)NC3CCCc4c(OCC(=O)O)cccc43)c2)c1. The van der Waals surface area contributed by atoms with Crippen molar-refractivity contribution in [1.29, 1.82) is 0 Å². The molecule has 0 amide bonds. The van der Waals surface area contributed by atoms with Gasteiger partial charge in [0.2, 0.25) is 10.0 Å². The zero-order chi connectivity index (χ0) is 22.7. The van der Waals surface area contributed by atoms with Crippen molar-refractivity contribution in [2.24, 2.45) is 0 Å². The first-order valence-electron chi connectivity index (χ1n) is 10.5. The van der Waals surface area contributed by atoms with Crippen LogP contribution in [-0.4, -0.2) is 26.1 Å². The van der Waals surface area contributed by atoms with Gasteiger partial charge in [-0.25, -0.2) is 17.9 Å². The number of carboxylic acid groups (broad SMARTS) is 1. The van der Waals surface area contributed by atoms with Gasteiger partial charge in [0.1, 0.15) is 5.75 Å². The summed E-state index contributed by atoms with van der Waals surface area (Å²) in [6.45, 7) is 1.57. The van der Waals surface area contributed by atoms with E-state index in [1.807, 2.05) is 43.3 Å². The van der Waals surface area contributed by atoms with Gasteiger partial charge in [-0.05, 0) is 66.6 Å². The predicted octanol–water partition coefficient (Wildman–Crippen LogP) is 4.48. The van der Waals surface area contributed by atoms with Crippen molar-refractivity contribution >= 4 is 16.0 Å². The molecule has 32 heavy (non-hydrogen) atoms. The maximum absolute atomic E-state index is 13.2. The molecule has 6 nitrogen and oxygen atoms in total. The minimum atomic E-state index is -3.77. The van der Waals surface area contributed by atoms with Gasteiger partial charge in [0.25, 0.3) is 0 Å². The van der Waals surface area contributed by atoms with Gasteiger partial charge < -0.3 is 9.84 Å². The minimum Gasteiger partial charge on any atom is -0.482 e. The first kappa shape index (κ1) is 22.0. The van der Waals surface area contributed by atoms with Crippen molar-refractivity contribution in [3.63, 3.8) is 0 Å². The molecule has 1 atom stereocenters. The van der Waals surface area contributed by atoms with Crippen LogP contribution in [0.25, 0.3) is 11.1 Å². The Labute approximate surface area is 187 Å². The van der Waals surface area contributed by atoms with E-state index in [4.69, 9.17) is 9.84 Å². The van der Waals surface area contributed by atoms with E-state index in [0.29, 0.717) is 18.6 Å². The second-order valence-corrected chi connectivity index (χ2v) is 9.68. The number of hydrogen-bond donors (Lipinski definition) is 2. The van der Waals surface area contributed by atoms with Crippen molar-refractivity contribution in [3.05, 3.63) is 83.4 Å². The monoisotopic (exact) mass is 451 g/mol. The lowest BCUT2D eigenvalue weighted by atomic mass is 9.87. The topological polar surface area (TPSA) is 92.7 Å². The molecule has 0 fully saturated rings. The molecule has 3 aromatic carbocycles. The van der Waals surface area contributed by atoms with Crippen LogP contribution < -0.4 is 9.46 Å². The van der Waals surface area contributed by atoms with E-state index >= 15 is 0 Å². The molecular weight excluding hydrogens is 426 g/mol. The lowest BCUT2D eigenvalue weighted by molar-refractivity contribution is -0.139. The molecule has 0 aliphatic heterocycles. The number of aliphatic carboxylic acids is 1. The maximum Gasteiger partial charge on any atom is 0.341 e. The minimum absolute atomic E-state index is 0.210. The molecule has 0 heterocycles. The highest BCUT2D eigenvalue weighted by molar-refractivity contribution is 7.89. The molecular formula is C25H25NO5S. The molecule has 0 saturated heterocycles. The average Bonchev–Trinajstić information content (AvgIpc) is 2.78. The molecule has 2 N–H and O–H groups in total. The Kier molecular flexibility index (Phi) is 6.30. The predicted molar refractivity (Wildman–Crippen MR) is 122 cm³/mol. The van der Waals surface area contributed by atoms with E-state index < -0.39 is 28.6 Å². The van der Waals surface area contributed by atoms with Crippen molar-refractivity contribution in [2.75, 3.05) is 6.61 Å². The number of nitrogens with one attached hydrogen (secondary N) is 1. The Bertz CT molecular complexity index is 1250. The van der Waals surface area contributed by atoms with Crippen molar-refractivity contribution in [1.82, 2.24) is 4.72 Å². The average molecular weight is 452 g/mol. The van der Waals surface area contributed by atoms with Gasteiger partial charge in [-0.2, -0.15) is 0 Å². The highest BCUT2D eigenvalue weighted by atomic mass is 32.2. The Balaban J connectivity index is 1.61. The standard InChI is InChI=1S/C25H25NO5S/c1-17-6-2-7-18(14-17)19-8-3-9-20(15-19)32(29,30)26-23-12-4-11-22-21(23)10-5-13-24(22)31-16-25(27)28/h2-3,5-10,13-15,23,26H,4,11-12,16H2,1H3,(H,27,28). The normalized spacial score (nSPS) is 15.7. The number of aryl methyl sites for hydroxylation is 1. The number of ether oxygens (including phenoxy) is 1. The fourth-order valence-electron chi connectivity index (χ4n) is 4.13. The third kappa shape index (κ3) is 4.84. The number of rotatable bonds is 7. The second-order valence-electron chi connectivity index (χ2n) is 7.97. The lowest BCUT2D eigenvalue weighted by Gasteiger charge is -2.27. The third-order valence-electron chi connectivity index (χ3n) is 5.61. The molecule has 0 saturated carbocycles. The largest absolute Gasteiger partial charge is 0.482 e. The summed E-state index contributed by atoms with van der Waals surface area (Å²) in [6, 6.07) is 19.8. The number of carbonyl (C=O) groups is 1. The van der Waals surface area contributed by atoms with Gasteiger partial charge in [-0.3, -0.25) is 0 Å². The van der Waals surface area contributed by atoms with Crippen LogP contribution in [0.2, 0.25) is 0 Å². The van der Waals surface area contributed by atoms with Gasteiger partial charge in [-0.15, -0.1) is 0 Å². The van der Waals surface area contributed by atoms with Crippen molar-refractivity contribution in [3.8, 4) is 16.9 Å². The molecule has 0 bridgehead atoms. The van der Waals surface area contributed by atoms with Crippen LogP contribution in [0.5, 0.6) is 5.75 Å². The molecule has 3 aromatic rings. The lowest BCUT2D eigenvalue weighted by Crippen LogP contribution is -2.31. The summed E-state index contributed by atoms with van der Waals surface area (Å²) < 4.78 is 34.8. The summed E-state index contributed by atoms with van der Waals surface area (Å²) >= 11 is 0. The fraction of sp³-hybridized carbons (Fsp3) is 0.240. The molecule has 1 aliphatic rings. The van der Waals surface area contributed by atoms with Crippen molar-refractivity contribution in [2.45, 2.75) is 37.1 Å². The van der Waals surface area contributed by atoms with Crippen LogP contribution in [0.15, 0.2) is 71.6 Å². The number of sulfonamides is 1. The third-order valence-corrected chi connectivity index (χ3v) is 7.08. The Morgan fingerprint density at radius 1 is 1.06 bits per heavy atom. The molecule has 1 aliphatic carbocycles. The molecule has 0 aromatic heterocycles. The van der Waals surface area contributed by atoms with E-state index in [9.17, 15) is 13.2 Å². The second kappa shape index (κ2) is 9.14. The number of hydrogen-bond acceptors (Lipinski definition) is 4. The number of fused-ring (bicyclic) bond motifs is 1. The molecule has 166 valence electrons. The van der Waals surface area contributed by atoms with Crippen molar-refractivity contribution < 1.29 is 23.1 Å². The number of benzene rings is 3. The van der Waals surface area contributed by atoms with E-state index in [0.717, 1.165) is 34.2 Å². The molecule has 0 spiro atoms. The summed E-state index contributed by atoms with van der Waals surface area (Å²) in [5, 5.41) is 8.91. The zero-order valence-electron chi connectivity index (χ0n) is 17.7. The van der Waals surface area contributed by atoms with Crippen LogP contribution in [0.4, 0.5) is 0 Å². The van der Waals surface area contributed by atoms with Crippen LogP contribution in [0, 0.1) is 6.92 Å². The first-order chi connectivity index (χ1) is 15.3. The van der Waals surface area contributed by atoms with Crippen LogP contribution in [0.1, 0.15) is 35.6 Å². The molecule has 4 rings (SSSR count). The summed E-state index contributed by atoms with van der Waals surface area (Å²) in [5.74, 6) is -0.556. The Hall–Kier alpha value is -3.16. The quantitative estimate of drug-likeness (QED) is 0.552. The molecule has 7 heteroatoms. The van der Waals surface area contributed by atoms with E-state index in [1.165, 1.54) is 0 Å². The summed E-state index contributed by atoms with van der Waals surface area (Å²) in [7, 11) is -3.77. The maximum atomic E-state index is 13.2. The summed E-state index contributed by atoms with van der Waals surface area (Å²) in [6.07, 6.45) is 2.15. The van der Waals surface area contributed by atoms with Gasteiger partial charge >= 0.3 is 5.97 Å². The van der Waals surface area contributed by atoms with E-state index in [2.05, 4.69) is 4.72 Å². The van der Waals surface area contributed by atoms with Gasteiger partial charge in [-0.1, -0.05) is 54.1 Å². The molecule has 0 radical (unpaired) electrons. The first-order valence-corrected chi connectivity index (χ1v) is 12.0. The van der Waals surface area contributed by atoms with Gasteiger partial charge in [0.05, 0.1) is 4.90 Å². The van der Waals surface area contributed by atoms with Crippen LogP contribution in [-0.2, 0) is 21.2 Å². The van der Waals surface area contributed by atoms with Crippen LogP contribution >= 0.6 is 0 Å². The van der Waals surface area contributed by atoms with Crippen LogP contribution in [0.3, 0.4) is 0 Å². The zero-order valence-corrected chi connectivity index (χ0v) is 18.6. The summed E-state index contributed by atoms with van der Waals surface area (Å²) in [4.78, 5) is 11.1.